The van der Waals surface area contributed by atoms with Gasteiger partial charge in [0, 0.05) is 44.6 Å². The fourth-order valence-corrected chi connectivity index (χ4v) is 4.43. The van der Waals surface area contributed by atoms with Gasteiger partial charge in [-0.25, -0.2) is 8.42 Å². The van der Waals surface area contributed by atoms with Gasteiger partial charge in [-0.15, -0.1) is 0 Å². The molecule has 27 heavy (non-hydrogen) atoms. The van der Waals surface area contributed by atoms with Crippen LogP contribution in [0.1, 0.15) is 19.3 Å². The molecule has 2 saturated heterocycles. The van der Waals surface area contributed by atoms with E-state index in [0.29, 0.717) is 18.9 Å². The lowest BCUT2D eigenvalue weighted by atomic mass is 10.3. The number of hydrogen-bond acceptors (Lipinski definition) is 6. The van der Waals surface area contributed by atoms with Crippen molar-refractivity contribution < 1.29 is 27.5 Å². The van der Waals surface area contributed by atoms with Gasteiger partial charge in [0.05, 0.1) is 18.1 Å². The van der Waals surface area contributed by atoms with Crippen LogP contribution < -0.4 is 5.32 Å². The highest BCUT2D eigenvalue weighted by Crippen LogP contribution is 2.21. The average Bonchev–Trinajstić information content (AvgIpc) is 2.99. The predicted octanol–water partition coefficient (Wildman–Crippen LogP) is 0.185. The quantitative estimate of drug-likeness (QED) is 0.688. The molecule has 0 spiro atoms. The Hall–Kier alpha value is -2.30. The Morgan fingerprint density at radius 2 is 1.78 bits per heavy atom. The first-order chi connectivity index (χ1) is 12.9. The highest BCUT2D eigenvalue weighted by molar-refractivity contribution is 7.89. The number of hydrogen-bond donors (Lipinski definition) is 1. The van der Waals surface area contributed by atoms with E-state index >= 15 is 0 Å². The van der Waals surface area contributed by atoms with Gasteiger partial charge in [-0.2, -0.15) is 4.31 Å². The number of sulfonamides is 1. The molecule has 2 aliphatic heterocycles. The Labute approximate surface area is 157 Å². The molecule has 146 valence electrons. The summed E-state index contributed by atoms with van der Waals surface area (Å²) >= 11 is 0. The number of nitrogens with one attached hydrogen (secondary N) is 1. The fourth-order valence-electron chi connectivity index (χ4n) is 2.98. The molecule has 1 N–H and O–H groups in total. The summed E-state index contributed by atoms with van der Waals surface area (Å²) in [6.07, 6.45) is 0.321. The number of ether oxygens (including phenoxy) is 1. The minimum Gasteiger partial charge on any atom is -0.379 e. The van der Waals surface area contributed by atoms with E-state index in [1.54, 1.807) is 12.1 Å². The molecule has 10 heteroatoms. The van der Waals surface area contributed by atoms with Crippen molar-refractivity contribution in [3.8, 4) is 0 Å². The molecule has 3 amide bonds. The molecular formula is C17H21N3O6S. The molecular weight excluding hydrogens is 374 g/mol. The van der Waals surface area contributed by atoms with E-state index in [4.69, 9.17) is 4.74 Å². The molecule has 0 unspecified atom stereocenters. The summed E-state index contributed by atoms with van der Waals surface area (Å²) in [5.41, 5.74) is 0.341. The number of amides is 3. The molecule has 2 heterocycles. The number of benzene rings is 1. The molecule has 0 aromatic heterocycles. The third kappa shape index (κ3) is 4.52. The van der Waals surface area contributed by atoms with Crippen LogP contribution in [0, 0.1) is 0 Å². The molecule has 2 aliphatic rings. The number of carbonyl (C=O) groups excluding carboxylic acids is 3. The minimum absolute atomic E-state index is 0.0231. The second kappa shape index (κ2) is 8.15. The van der Waals surface area contributed by atoms with Gasteiger partial charge >= 0.3 is 0 Å². The smallest absolute Gasteiger partial charge is 0.243 e. The molecule has 0 radical (unpaired) electrons. The fraction of sp³-hybridized carbons (Fsp3) is 0.471. The Balaban J connectivity index is 1.62. The van der Waals surface area contributed by atoms with Crippen molar-refractivity contribution in [3.05, 3.63) is 24.3 Å². The summed E-state index contributed by atoms with van der Waals surface area (Å²) < 4.78 is 31.9. The van der Waals surface area contributed by atoms with Crippen LogP contribution in [0.3, 0.4) is 0 Å². The van der Waals surface area contributed by atoms with Crippen molar-refractivity contribution in [2.24, 2.45) is 0 Å². The van der Waals surface area contributed by atoms with Gasteiger partial charge in [0.2, 0.25) is 27.7 Å². The van der Waals surface area contributed by atoms with E-state index in [1.807, 2.05) is 0 Å². The Morgan fingerprint density at radius 3 is 2.44 bits per heavy atom. The summed E-state index contributed by atoms with van der Waals surface area (Å²) in [6, 6.07) is 6.01. The number of morpholine rings is 1. The Morgan fingerprint density at radius 1 is 1.11 bits per heavy atom. The monoisotopic (exact) mass is 395 g/mol. The molecule has 0 atom stereocenters. The third-order valence-corrected chi connectivity index (χ3v) is 6.34. The second-order valence-electron chi connectivity index (χ2n) is 6.28. The van der Waals surface area contributed by atoms with Gasteiger partial charge in [-0.1, -0.05) is 6.07 Å². The first-order valence-corrected chi connectivity index (χ1v) is 10.1. The molecule has 3 rings (SSSR count). The lowest BCUT2D eigenvalue weighted by Gasteiger charge is -2.26. The van der Waals surface area contributed by atoms with Gasteiger partial charge in [0.25, 0.3) is 0 Å². The van der Waals surface area contributed by atoms with Crippen LogP contribution in [-0.2, 0) is 29.1 Å². The summed E-state index contributed by atoms with van der Waals surface area (Å²) in [4.78, 5) is 36.4. The number of nitrogens with zero attached hydrogens (tertiary/aromatic N) is 2. The van der Waals surface area contributed by atoms with Crippen molar-refractivity contribution in [2.75, 3.05) is 38.2 Å². The lowest BCUT2D eigenvalue weighted by molar-refractivity contribution is -0.138. The summed E-state index contributed by atoms with van der Waals surface area (Å²) in [7, 11) is -3.66. The average molecular weight is 395 g/mol. The number of imide groups is 1. The normalized spacial score (nSPS) is 18.7. The number of carbonyl (C=O) groups is 3. The van der Waals surface area contributed by atoms with E-state index in [-0.39, 0.29) is 55.6 Å². The molecule has 1 aromatic rings. The molecule has 0 bridgehead atoms. The molecule has 0 saturated carbocycles. The number of rotatable bonds is 6. The van der Waals surface area contributed by atoms with E-state index in [2.05, 4.69) is 5.32 Å². The van der Waals surface area contributed by atoms with Gasteiger partial charge in [-0.3, -0.25) is 19.3 Å². The van der Waals surface area contributed by atoms with Crippen molar-refractivity contribution >= 4 is 33.4 Å². The van der Waals surface area contributed by atoms with Gasteiger partial charge < -0.3 is 10.1 Å². The maximum Gasteiger partial charge on any atom is 0.243 e. The summed E-state index contributed by atoms with van der Waals surface area (Å²) in [5, 5.41) is 2.62. The maximum atomic E-state index is 12.7. The Bertz CT molecular complexity index is 832. The zero-order valence-electron chi connectivity index (χ0n) is 14.7. The largest absolute Gasteiger partial charge is 0.379 e. The lowest BCUT2D eigenvalue weighted by Crippen LogP contribution is -2.40. The van der Waals surface area contributed by atoms with Crippen LogP contribution in [0.5, 0.6) is 0 Å². The summed E-state index contributed by atoms with van der Waals surface area (Å²) in [6.45, 7) is 1.30. The maximum absolute atomic E-state index is 12.7. The predicted molar refractivity (Wildman–Crippen MR) is 95.2 cm³/mol. The van der Waals surface area contributed by atoms with E-state index in [9.17, 15) is 22.8 Å². The molecule has 2 fully saturated rings. The van der Waals surface area contributed by atoms with Gasteiger partial charge in [0.1, 0.15) is 0 Å². The molecule has 9 nitrogen and oxygen atoms in total. The first-order valence-electron chi connectivity index (χ1n) is 8.69. The first kappa shape index (κ1) is 19.5. The van der Waals surface area contributed by atoms with Gasteiger partial charge in [-0.05, 0) is 18.2 Å². The highest BCUT2D eigenvalue weighted by Gasteiger charge is 2.29. The molecule has 1 aromatic carbocycles. The van der Waals surface area contributed by atoms with Crippen LogP contribution in [-0.4, -0.2) is 68.2 Å². The van der Waals surface area contributed by atoms with Crippen molar-refractivity contribution in [3.63, 3.8) is 0 Å². The van der Waals surface area contributed by atoms with Crippen LogP contribution in [0.25, 0.3) is 0 Å². The number of likely N-dealkylation sites (tertiary alicyclic amines) is 1. The van der Waals surface area contributed by atoms with E-state index < -0.39 is 15.9 Å². The minimum atomic E-state index is -3.66. The highest BCUT2D eigenvalue weighted by atomic mass is 32.2. The van der Waals surface area contributed by atoms with Crippen LogP contribution in [0.4, 0.5) is 5.69 Å². The van der Waals surface area contributed by atoms with E-state index in [1.165, 1.54) is 16.4 Å². The van der Waals surface area contributed by atoms with Gasteiger partial charge in [0.15, 0.2) is 0 Å². The van der Waals surface area contributed by atoms with Crippen molar-refractivity contribution in [2.45, 2.75) is 24.2 Å². The third-order valence-electron chi connectivity index (χ3n) is 4.44. The van der Waals surface area contributed by atoms with Crippen molar-refractivity contribution in [1.82, 2.24) is 9.21 Å². The summed E-state index contributed by atoms with van der Waals surface area (Å²) in [5.74, 6) is -0.943. The topological polar surface area (TPSA) is 113 Å². The second-order valence-corrected chi connectivity index (χ2v) is 8.22. The van der Waals surface area contributed by atoms with Crippen LogP contribution in [0.2, 0.25) is 0 Å². The molecule has 0 aliphatic carbocycles. The Kier molecular flexibility index (Phi) is 5.88. The zero-order chi connectivity index (χ0) is 19.4. The zero-order valence-corrected chi connectivity index (χ0v) is 15.5. The SMILES string of the molecule is O=C(CCN1C(=O)CCC1=O)Nc1cccc(S(=O)(=O)N2CCOCC2)c1. The van der Waals surface area contributed by atoms with Crippen molar-refractivity contribution in [1.29, 1.82) is 0 Å². The standard InChI is InChI=1S/C17H21N3O6S/c21-15(6-7-20-16(22)4-5-17(20)23)18-13-2-1-3-14(12-13)27(24,25)19-8-10-26-11-9-19/h1-3,12H,4-11H2,(H,18,21). The van der Waals surface area contributed by atoms with Crippen LogP contribution >= 0.6 is 0 Å². The van der Waals surface area contributed by atoms with Crippen LogP contribution in [0.15, 0.2) is 29.2 Å². The van der Waals surface area contributed by atoms with E-state index in [0.717, 1.165) is 4.90 Å². The number of anilines is 1.